The lowest BCUT2D eigenvalue weighted by Crippen LogP contribution is -2.39. The molecule has 1 aromatic carbocycles. The number of guanidine groups is 1. The average Bonchev–Trinajstić information content (AvgIpc) is 3.06. The van der Waals surface area contributed by atoms with E-state index in [9.17, 15) is 0 Å². The molecular formula is C21H35N5O. The van der Waals surface area contributed by atoms with Crippen LogP contribution in [0.25, 0.3) is 10.9 Å². The number of ether oxygens (including phenoxy) is 1. The van der Waals surface area contributed by atoms with Crippen molar-refractivity contribution in [2.24, 2.45) is 4.99 Å². The van der Waals surface area contributed by atoms with Crippen molar-refractivity contribution in [2.75, 3.05) is 53.5 Å². The number of para-hydroxylation sites is 1. The number of nitrogens with zero attached hydrogens (tertiary/aromatic N) is 2. The smallest absolute Gasteiger partial charge is 0.191 e. The maximum atomic E-state index is 5.10. The molecule has 3 N–H and O–H groups in total. The Morgan fingerprint density at radius 1 is 1.26 bits per heavy atom. The third-order valence-corrected chi connectivity index (χ3v) is 4.68. The maximum absolute atomic E-state index is 5.10. The molecule has 6 nitrogen and oxygen atoms in total. The molecule has 0 aliphatic rings. The second kappa shape index (κ2) is 11.6. The molecule has 0 saturated heterocycles. The Morgan fingerprint density at radius 3 is 2.89 bits per heavy atom. The third kappa shape index (κ3) is 6.88. The Labute approximate surface area is 163 Å². The molecule has 6 heteroatoms. The van der Waals surface area contributed by atoms with Gasteiger partial charge >= 0.3 is 0 Å². The Balaban J connectivity index is 1.80. The van der Waals surface area contributed by atoms with Gasteiger partial charge in [0.1, 0.15) is 0 Å². The molecule has 27 heavy (non-hydrogen) atoms. The van der Waals surface area contributed by atoms with Crippen LogP contribution in [0.2, 0.25) is 0 Å². The second-order valence-electron chi connectivity index (χ2n) is 6.90. The number of aliphatic imine (C=N–C) groups is 1. The summed E-state index contributed by atoms with van der Waals surface area (Å²) in [5.74, 6) is 0.888. The molecule has 0 unspecified atom stereocenters. The maximum Gasteiger partial charge on any atom is 0.191 e. The van der Waals surface area contributed by atoms with E-state index in [1.807, 2.05) is 0 Å². The first-order chi connectivity index (χ1) is 13.2. The average molecular weight is 374 g/mol. The quantitative estimate of drug-likeness (QED) is 0.322. The number of fused-ring (bicyclic) bond motifs is 1. The van der Waals surface area contributed by atoms with E-state index in [4.69, 9.17) is 9.73 Å². The van der Waals surface area contributed by atoms with E-state index in [0.717, 1.165) is 58.1 Å². The van der Waals surface area contributed by atoms with E-state index in [1.54, 1.807) is 7.11 Å². The molecule has 0 aliphatic carbocycles. The van der Waals surface area contributed by atoms with Crippen molar-refractivity contribution in [3.8, 4) is 0 Å². The molecule has 2 aromatic rings. The zero-order chi connectivity index (χ0) is 19.5. The van der Waals surface area contributed by atoms with Gasteiger partial charge in [0, 0.05) is 57.0 Å². The van der Waals surface area contributed by atoms with Gasteiger partial charge < -0.3 is 25.3 Å². The number of hydrogen-bond acceptors (Lipinski definition) is 3. The largest absolute Gasteiger partial charge is 0.385 e. The van der Waals surface area contributed by atoms with Gasteiger partial charge in [-0.3, -0.25) is 4.99 Å². The predicted molar refractivity (Wildman–Crippen MR) is 115 cm³/mol. The first-order valence-corrected chi connectivity index (χ1v) is 9.91. The summed E-state index contributed by atoms with van der Waals surface area (Å²) in [7, 11) is 3.88. The van der Waals surface area contributed by atoms with Gasteiger partial charge in [-0.05, 0) is 44.9 Å². The number of aromatic amines is 1. The summed E-state index contributed by atoms with van der Waals surface area (Å²) in [5.41, 5.74) is 3.87. The zero-order valence-corrected chi connectivity index (χ0v) is 17.3. The minimum Gasteiger partial charge on any atom is -0.385 e. The van der Waals surface area contributed by atoms with Gasteiger partial charge in [0.2, 0.25) is 0 Å². The van der Waals surface area contributed by atoms with Crippen molar-refractivity contribution in [3.05, 3.63) is 35.5 Å². The van der Waals surface area contributed by atoms with Crippen molar-refractivity contribution in [1.82, 2.24) is 20.5 Å². The Kier molecular flexibility index (Phi) is 9.15. The molecule has 0 radical (unpaired) electrons. The van der Waals surface area contributed by atoms with Crippen LogP contribution in [-0.4, -0.2) is 69.3 Å². The standard InChI is InChI=1S/C21H35N5O/c1-5-22-21(24-12-14-26(3)13-7-15-27-4)23-11-10-18-16-25-20-17(2)8-6-9-19(18)20/h6,8-9,16,25H,5,7,10-15H2,1-4H3,(H2,22,23,24). The first kappa shape index (κ1) is 21.3. The molecule has 0 atom stereocenters. The number of rotatable bonds is 11. The Hall–Kier alpha value is -2.05. The number of aromatic nitrogens is 1. The zero-order valence-electron chi connectivity index (χ0n) is 17.3. The van der Waals surface area contributed by atoms with Gasteiger partial charge in [0.15, 0.2) is 5.96 Å². The summed E-state index contributed by atoms with van der Waals surface area (Å²) in [6.07, 6.45) is 4.14. The van der Waals surface area contributed by atoms with Crippen LogP contribution in [0.4, 0.5) is 0 Å². The minimum absolute atomic E-state index is 0.783. The molecule has 0 aliphatic heterocycles. The van der Waals surface area contributed by atoms with Crippen molar-refractivity contribution >= 4 is 16.9 Å². The Bertz CT molecular complexity index is 710. The lowest BCUT2D eigenvalue weighted by atomic mass is 10.1. The van der Waals surface area contributed by atoms with E-state index in [2.05, 4.69) is 65.8 Å². The van der Waals surface area contributed by atoms with Crippen LogP contribution in [0.3, 0.4) is 0 Å². The lowest BCUT2D eigenvalue weighted by molar-refractivity contribution is 0.180. The summed E-state index contributed by atoms with van der Waals surface area (Å²) >= 11 is 0. The molecule has 2 rings (SSSR count). The number of nitrogens with one attached hydrogen (secondary N) is 3. The fourth-order valence-electron chi connectivity index (χ4n) is 3.15. The summed E-state index contributed by atoms with van der Waals surface area (Å²) in [4.78, 5) is 10.4. The van der Waals surface area contributed by atoms with Crippen LogP contribution < -0.4 is 10.6 Å². The van der Waals surface area contributed by atoms with Gasteiger partial charge in [0.05, 0.1) is 6.54 Å². The molecule has 0 bridgehead atoms. The van der Waals surface area contributed by atoms with Gasteiger partial charge in [-0.15, -0.1) is 0 Å². The highest BCUT2D eigenvalue weighted by atomic mass is 16.5. The van der Waals surface area contributed by atoms with Crippen molar-refractivity contribution in [1.29, 1.82) is 0 Å². The van der Waals surface area contributed by atoms with Crippen LogP contribution in [0.5, 0.6) is 0 Å². The third-order valence-electron chi connectivity index (χ3n) is 4.68. The molecular weight excluding hydrogens is 338 g/mol. The predicted octanol–water partition coefficient (Wildman–Crippen LogP) is 2.54. The molecule has 1 heterocycles. The number of aryl methyl sites for hydroxylation is 1. The van der Waals surface area contributed by atoms with E-state index in [-0.39, 0.29) is 0 Å². The van der Waals surface area contributed by atoms with Crippen LogP contribution in [0.1, 0.15) is 24.5 Å². The molecule has 0 fully saturated rings. The van der Waals surface area contributed by atoms with Crippen LogP contribution >= 0.6 is 0 Å². The van der Waals surface area contributed by atoms with Crippen LogP contribution in [0, 0.1) is 6.92 Å². The van der Waals surface area contributed by atoms with Gasteiger partial charge in [0.25, 0.3) is 0 Å². The fraction of sp³-hybridized carbons (Fsp3) is 0.571. The number of methoxy groups -OCH3 is 1. The number of benzene rings is 1. The summed E-state index contributed by atoms with van der Waals surface area (Å²) in [6, 6.07) is 6.45. The second-order valence-corrected chi connectivity index (χ2v) is 6.90. The molecule has 0 spiro atoms. The van der Waals surface area contributed by atoms with Gasteiger partial charge in [-0.25, -0.2) is 0 Å². The van der Waals surface area contributed by atoms with Crippen LogP contribution in [-0.2, 0) is 11.2 Å². The fourth-order valence-corrected chi connectivity index (χ4v) is 3.15. The monoisotopic (exact) mass is 373 g/mol. The van der Waals surface area contributed by atoms with E-state index >= 15 is 0 Å². The molecule has 0 amide bonds. The number of H-pyrrole nitrogens is 1. The van der Waals surface area contributed by atoms with E-state index in [1.165, 1.54) is 22.0 Å². The van der Waals surface area contributed by atoms with E-state index in [0.29, 0.717) is 0 Å². The number of likely N-dealkylation sites (N-methyl/N-ethyl adjacent to an activating group) is 1. The highest BCUT2D eigenvalue weighted by Crippen LogP contribution is 2.21. The lowest BCUT2D eigenvalue weighted by Gasteiger charge is -2.16. The molecule has 150 valence electrons. The van der Waals surface area contributed by atoms with Gasteiger partial charge in [-0.2, -0.15) is 0 Å². The highest BCUT2D eigenvalue weighted by Gasteiger charge is 2.06. The topological polar surface area (TPSA) is 64.7 Å². The molecule has 1 aromatic heterocycles. The first-order valence-electron chi connectivity index (χ1n) is 9.91. The highest BCUT2D eigenvalue weighted by molar-refractivity contribution is 5.86. The van der Waals surface area contributed by atoms with E-state index < -0.39 is 0 Å². The van der Waals surface area contributed by atoms with Crippen molar-refractivity contribution in [3.63, 3.8) is 0 Å². The minimum atomic E-state index is 0.783. The van der Waals surface area contributed by atoms with Crippen molar-refractivity contribution in [2.45, 2.75) is 26.7 Å². The summed E-state index contributed by atoms with van der Waals surface area (Å²) in [6.45, 7) is 9.53. The SMILES string of the molecule is CCNC(=NCCN(C)CCCOC)NCCc1c[nH]c2c(C)cccc12. The summed E-state index contributed by atoms with van der Waals surface area (Å²) < 4.78 is 5.10. The van der Waals surface area contributed by atoms with Crippen molar-refractivity contribution < 1.29 is 4.74 Å². The normalized spacial score (nSPS) is 12.1. The molecule has 0 saturated carbocycles. The number of hydrogen-bond donors (Lipinski definition) is 3. The van der Waals surface area contributed by atoms with Crippen LogP contribution in [0.15, 0.2) is 29.4 Å². The van der Waals surface area contributed by atoms with Gasteiger partial charge in [-0.1, -0.05) is 18.2 Å². The Morgan fingerprint density at radius 2 is 2.11 bits per heavy atom. The summed E-state index contributed by atoms with van der Waals surface area (Å²) in [5, 5.41) is 8.09.